The zero-order chi connectivity index (χ0) is 13.4. The van der Waals surface area contributed by atoms with E-state index in [-0.39, 0.29) is 4.47 Å². The molecule has 2 rings (SSSR count). The molecule has 1 aromatic heterocycles. The van der Waals surface area contributed by atoms with Gasteiger partial charge in [-0.15, -0.1) is 11.3 Å². The van der Waals surface area contributed by atoms with Gasteiger partial charge in [0.05, 0.1) is 14.2 Å². The number of carbonyl (C=O) groups is 1. The van der Waals surface area contributed by atoms with Crippen LogP contribution in [0.25, 0.3) is 0 Å². The molecule has 0 bridgehead atoms. The molecule has 18 heavy (non-hydrogen) atoms. The maximum absolute atomic E-state index is 13.7. The first-order valence-corrected chi connectivity index (χ1v) is 7.25. The van der Waals surface area contributed by atoms with Crippen molar-refractivity contribution in [2.24, 2.45) is 0 Å². The van der Waals surface area contributed by atoms with E-state index in [1.807, 2.05) is 6.92 Å². The van der Waals surface area contributed by atoms with Crippen molar-refractivity contribution in [2.45, 2.75) is 6.92 Å². The third kappa shape index (κ3) is 2.55. The Hall–Kier alpha value is -0.590. The van der Waals surface area contributed by atoms with Gasteiger partial charge >= 0.3 is 0 Å². The second-order valence-electron chi connectivity index (χ2n) is 3.64. The van der Waals surface area contributed by atoms with Gasteiger partial charge in [0.25, 0.3) is 0 Å². The van der Waals surface area contributed by atoms with Gasteiger partial charge in [0.2, 0.25) is 5.78 Å². The average molecular weight is 396 g/mol. The summed E-state index contributed by atoms with van der Waals surface area (Å²) in [4.78, 5) is 12.4. The Morgan fingerprint density at radius 3 is 2.17 bits per heavy atom. The molecule has 2 aromatic rings. The van der Waals surface area contributed by atoms with Crippen LogP contribution in [0, 0.1) is 18.6 Å². The van der Waals surface area contributed by atoms with Crippen LogP contribution in [0.5, 0.6) is 0 Å². The molecule has 0 radical (unpaired) electrons. The van der Waals surface area contributed by atoms with Crippen molar-refractivity contribution < 1.29 is 13.6 Å². The highest BCUT2D eigenvalue weighted by Gasteiger charge is 2.21. The van der Waals surface area contributed by atoms with E-state index in [4.69, 9.17) is 0 Å². The third-order valence-corrected chi connectivity index (χ3v) is 4.91. The van der Waals surface area contributed by atoms with Crippen LogP contribution in [-0.4, -0.2) is 5.78 Å². The molecule has 0 atom stereocenters. The van der Waals surface area contributed by atoms with Crippen molar-refractivity contribution in [1.82, 2.24) is 0 Å². The summed E-state index contributed by atoms with van der Waals surface area (Å²) in [5.41, 5.74) is 0.341. The summed E-state index contributed by atoms with van der Waals surface area (Å²) < 4.78 is 28.4. The van der Waals surface area contributed by atoms with E-state index in [0.29, 0.717) is 4.88 Å². The summed E-state index contributed by atoms with van der Waals surface area (Å²) in [5, 5.41) is 0. The van der Waals surface area contributed by atoms with Crippen LogP contribution in [0.1, 0.15) is 20.8 Å². The van der Waals surface area contributed by atoms with Crippen LogP contribution < -0.4 is 0 Å². The van der Waals surface area contributed by atoms with Gasteiger partial charge in [-0.05, 0) is 46.6 Å². The minimum absolute atomic E-state index is 0.262. The molecular formula is C12H6Br2F2OS. The van der Waals surface area contributed by atoms with E-state index in [1.165, 1.54) is 0 Å². The Kier molecular flexibility index (Phi) is 3.99. The molecule has 0 N–H and O–H groups in total. The highest BCUT2D eigenvalue weighted by Crippen LogP contribution is 2.30. The summed E-state index contributed by atoms with van der Waals surface area (Å²) in [5.74, 6) is -2.38. The average Bonchev–Trinajstić information content (AvgIpc) is 2.57. The highest BCUT2D eigenvalue weighted by atomic mass is 79.9. The lowest BCUT2D eigenvalue weighted by Crippen LogP contribution is -2.06. The van der Waals surface area contributed by atoms with Gasteiger partial charge in [0.1, 0.15) is 11.6 Å². The number of ketones is 1. The van der Waals surface area contributed by atoms with Crippen LogP contribution in [0.2, 0.25) is 0 Å². The minimum atomic E-state index is -0.867. The summed E-state index contributed by atoms with van der Waals surface area (Å²) in [6.07, 6.45) is 0. The van der Waals surface area contributed by atoms with Crippen LogP contribution in [-0.2, 0) is 0 Å². The van der Waals surface area contributed by atoms with Crippen LogP contribution in [0.15, 0.2) is 26.5 Å². The Balaban J connectivity index is 2.52. The van der Waals surface area contributed by atoms with Crippen molar-refractivity contribution >= 4 is 49.0 Å². The molecule has 1 nitrogen and oxygen atoms in total. The SMILES string of the molecule is Cc1cc(C(=O)c2c(F)cc(Br)cc2F)sc1Br. The Labute approximate surface area is 123 Å². The zero-order valence-corrected chi connectivity index (χ0v) is 13.0. The van der Waals surface area contributed by atoms with Gasteiger partial charge in [-0.2, -0.15) is 0 Å². The van der Waals surface area contributed by atoms with Crippen molar-refractivity contribution in [3.05, 3.63) is 54.1 Å². The monoisotopic (exact) mass is 394 g/mol. The molecule has 0 aliphatic heterocycles. The number of rotatable bonds is 2. The third-order valence-electron chi connectivity index (χ3n) is 2.31. The van der Waals surface area contributed by atoms with E-state index in [1.54, 1.807) is 6.07 Å². The van der Waals surface area contributed by atoms with E-state index in [0.717, 1.165) is 32.8 Å². The number of hydrogen-bond acceptors (Lipinski definition) is 2. The van der Waals surface area contributed by atoms with Crippen molar-refractivity contribution in [3.8, 4) is 0 Å². The number of aryl methyl sites for hydroxylation is 1. The Morgan fingerprint density at radius 2 is 1.72 bits per heavy atom. The first-order valence-electron chi connectivity index (χ1n) is 4.85. The van der Waals surface area contributed by atoms with Gasteiger partial charge in [-0.25, -0.2) is 8.78 Å². The molecule has 0 saturated carbocycles. The van der Waals surface area contributed by atoms with E-state index in [2.05, 4.69) is 31.9 Å². The lowest BCUT2D eigenvalue weighted by Gasteiger charge is -2.03. The fraction of sp³-hybridized carbons (Fsp3) is 0.0833. The van der Waals surface area contributed by atoms with E-state index >= 15 is 0 Å². The van der Waals surface area contributed by atoms with Gasteiger partial charge in [0, 0.05) is 4.47 Å². The molecule has 0 saturated heterocycles. The molecule has 0 aliphatic rings. The van der Waals surface area contributed by atoms with Gasteiger partial charge < -0.3 is 0 Å². The van der Waals surface area contributed by atoms with E-state index in [9.17, 15) is 13.6 Å². The number of halogens is 4. The highest BCUT2D eigenvalue weighted by molar-refractivity contribution is 9.11. The standard InChI is InChI=1S/C12H6Br2F2OS/c1-5-2-9(18-12(5)14)11(17)10-7(15)3-6(13)4-8(10)16/h2-4H,1H3. The zero-order valence-electron chi connectivity index (χ0n) is 9.06. The lowest BCUT2D eigenvalue weighted by molar-refractivity contribution is 0.103. The fourth-order valence-corrected chi connectivity index (χ4v) is 3.34. The van der Waals surface area contributed by atoms with Crippen LogP contribution >= 0.6 is 43.2 Å². The molecule has 6 heteroatoms. The topological polar surface area (TPSA) is 17.1 Å². The Bertz CT molecular complexity index is 594. The molecule has 1 aromatic carbocycles. The quantitative estimate of drug-likeness (QED) is 0.647. The molecule has 0 amide bonds. The molecule has 0 spiro atoms. The number of carbonyl (C=O) groups excluding carboxylic acids is 1. The second kappa shape index (κ2) is 5.19. The maximum atomic E-state index is 13.7. The van der Waals surface area contributed by atoms with Gasteiger partial charge in [-0.1, -0.05) is 15.9 Å². The summed E-state index contributed by atoms with van der Waals surface area (Å²) in [6, 6.07) is 3.76. The van der Waals surface area contributed by atoms with Crippen LogP contribution in [0.3, 0.4) is 0 Å². The van der Waals surface area contributed by atoms with Crippen LogP contribution in [0.4, 0.5) is 8.78 Å². The second-order valence-corrected chi connectivity index (χ2v) is 6.93. The first-order chi connectivity index (χ1) is 8.40. The molecule has 1 heterocycles. The number of hydrogen-bond donors (Lipinski definition) is 0. The predicted octanol–water partition coefficient (Wildman–Crippen LogP) is 5.09. The predicted molar refractivity (Wildman–Crippen MR) is 74.2 cm³/mol. The molecule has 0 unspecified atom stereocenters. The van der Waals surface area contributed by atoms with Crippen molar-refractivity contribution in [1.29, 1.82) is 0 Å². The summed E-state index contributed by atoms with van der Waals surface area (Å²) in [7, 11) is 0. The minimum Gasteiger partial charge on any atom is -0.287 e. The maximum Gasteiger partial charge on any atom is 0.208 e. The fourth-order valence-electron chi connectivity index (χ4n) is 1.45. The smallest absolute Gasteiger partial charge is 0.208 e. The molecule has 0 aliphatic carbocycles. The molecule has 0 fully saturated rings. The van der Waals surface area contributed by atoms with Crippen molar-refractivity contribution in [2.75, 3.05) is 0 Å². The normalized spacial score (nSPS) is 10.7. The molecular weight excluding hydrogens is 390 g/mol. The van der Waals surface area contributed by atoms with Crippen molar-refractivity contribution in [3.63, 3.8) is 0 Å². The summed E-state index contributed by atoms with van der Waals surface area (Å²) in [6.45, 7) is 1.81. The molecule has 94 valence electrons. The number of benzene rings is 1. The number of thiophene rings is 1. The summed E-state index contributed by atoms with van der Waals surface area (Å²) >= 11 is 7.41. The Morgan fingerprint density at radius 1 is 1.17 bits per heavy atom. The van der Waals surface area contributed by atoms with Gasteiger partial charge in [0.15, 0.2) is 0 Å². The van der Waals surface area contributed by atoms with Gasteiger partial charge in [-0.3, -0.25) is 4.79 Å². The lowest BCUT2D eigenvalue weighted by atomic mass is 10.1. The van der Waals surface area contributed by atoms with E-state index < -0.39 is 23.0 Å². The largest absolute Gasteiger partial charge is 0.287 e. The first kappa shape index (κ1) is 13.8.